The zero-order valence-electron chi connectivity index (χ0n) is 8.65. The lowest BCUT2D eigenvalue weighted by Gasteiger charge is -2.15. The summed E-state index contributed by atoms with van der Waals surface area (Å²) in [5.41, 5.74) is -3.07. The van der Waals surface area contributed by atoms with Crippen LogP contribution in [0.5, 0.6) is 0 Å². The maximum absolute atomic E-state index is 12.4. The lowest BCUT2D eigenvalue weighted by Crippen LogP contribution is -2.11. The number of benzene rings is 1. The molecule has 0 aliphatic carbocycles. The standard InChI is InChI=1S/C10H9F6P/c1-5(17)6-2-7(9(11,12)13)4-8(3-6)10(14,15)16/h2-5H,17H2,1H3. The van der Waals surface area contributed by atoms with Crippen molar-refractivity contribution in [2.75, 3.05) is 0 Å². The Bertz CT molecular complexity index is 372. The molecule has 2 atom stereocenters. The van der Waals surface area contributed by atoms with E-state index in [9.17, 15) is 26.3 Å². The van der Waals surface area contributed by atoms with Gasteiger partial charge in [-0.25, -0.2) is 0 Å². The molecule has 96 valence electrons. The van der Waals surface area contributed by atoms with Gasteiger partial charge in [-0.15, -0.1) is 9.24 Å². The molecule has 0 spiro atoms. The molecule has 0 N–H and O–H groups in total. The first-order valence-corrected chi connectivity index (χ1v) is 5.23. The molecule has 17 heavy (non-hydrogen) atoms. The molecule has 0 aliphatic rings. The van der Waals surface area contributed by atoms with Crippen molar-refractivity contribution in [3.8, 4) is 0 Å². The Balaban J connectivity index is 3.40. The fourth-order valence-electron chi connectivity index (χ4n) is 1.24. The Morgan fingerprint density at radius 1 is 0.882 bits per heavy atom. The normalized spacial score (nSPS) is 14.8. The number of hydrogen-bond donors (Lipinski definition) is 0. The number of hydrogen-bond acceptors (Lipinski definition) is 0. The molecule has 0 aromatic heterocycles. The van der Waals surface area contributed by atoms with Crippen LogP contribution in [0.3, 0.4) is 0 Å². The summed E-state index contributed by atoms with van der Waals surface area (Å²) >= 11 is 0. The second-order valence-corrected chi connectivity index (χ2v) is 4.63. The van der Waals surface area contributed by atoms with Gasteiger partial charge >= 0.3 is 12.4 Å². The van der Waals surface area contributed by atoms with E-state index >= 15 is 0 Å². The van der Waals surface area contributed by atoms with Crippen LogP contribution in [-0.4, -0.2) is 0 Å². The molecule has 7 heteroatoms. The van der Waals surface area contributed by atoms with Crippen molar-refractivity contribution >= 4 is 9.24 Å². The SMILES string of the molecule is CC(P)c1cc(C(F)(F)F)cc(C(F)(F)F)c1. The van der Waals surface area contributed by atoms with Gasteiger partial charge in [0.1, 0.15) is 0 Å². The smallest absolute Gasteiger partial charge is 0.166 e. The molecule has 1 rings (SSSR count). The monoisotopic (exact) mass is 274 g/mol. The van der Waals surface area contributed by atoms with Crippen molar-refractivity contribution in [1.82, 2.24) is 0 Å². The molecule has 0 saturated carbocycles. The number of rotatable bonds is 1. The number of halogens is 6. The molecule has 2 unspecified atom stereocenters. The molecule has 0 bridgehead atoms. The van der Waals surface area contributed by atoms with Gasteiger partial charge in [0.25, 0.3) is 0 Å². The predicted molar refractivity (Wildman–Crippen MR) is 54.6 cm³/mol. The zero-order chi connectivity index (χ0) is 13.4. The average molecular weight is 274 g/mol. The summed E-state index contributed by atoms with van der Waals surface area (Å²) in [5.74, 6) is 0. The Labute approximate surface area is 96.2 Å². The molecule has 0 nitrogen and oxygen atoms in total. The maximum Gasteiger partial charge on any atom is 0.416 e. The Hall–Kier alpha value is -0.770. The first-order chi connectivity index (χ1) is 7.51. The third kappa shape index (κ3) is 3.60. The van der Waals surface area contributed by atoms with Gasteiger partial charge < -0.3 is 0 Å². The van der Waals surface area contributed by atoms with Crippen LogP contribution in [-0.2, 0) is 12.4 Å². The second kappa shape index (κ2) is 4.48. The minimum absolute atomic E-state index is 0.0165. The molecule has 0 fully saturated rings. The van der Waals surface area contributed by atoms with Crippen LogP contribution < -0.4 is 0 Å². The molecular weight excluding hydrogens is 265 g/mol. The Morgan fingerprint density at radius 2 is 1.24 bits per heavy atom. The van der Waals surface area contributed by atoms with Crippen molar-refractivity contribution < 1.29 is 26.3 Å². The Kier molecular flexibility index (Phi) is 3.77. The molecular formula is C10H9F6P. The van der Waals surface area contributed by atoms with E-state index in [0.29, 0.717) is 0 Å². The molecule has 0 heterocycles. The highest BCUT2D eigenvalue weighted by Gasteiger charge is 2.36. The molecule has 1 aromatic carbocycles. The van der Waals surface area contributed by atoms with Crippen LogP contribution in [0.25, 0.3) is 0 Å². The van der Waals surface area contributed by atoms with E-state index < -0.39 is 29.1 Å². The lowest BCUT2D eigenvalue weighted by molar-refractivity contribution is -0.143. The van der Waals surface area contributed by atoms with Crippen molar-refractivity contribution in [3.63, 3.8) is 0 Å². The summed E-state index contributed by atoms with van der Waals surface area (Å²) in [7, 11) is 2.17. The van der Waals surface area contributed by atoms with E-state index in [0.717, 1.165) is 12.1 Å². The summed E-state index contributed by atoms with van der Waals surface area (Å²) in [5, 5.41) is 0. The summed E-state index contributed by atoms with van der Waals surface area (Å²) < 4.78 is 74.6. The van der Waals surface area contributed by atoms with Crippen molar-refractivity contribution in [1.29, 1.82) is 0 Å². The van der Waals surface area contributed by atoms with Crippen LogP contribution in [0.1, 0.15) is 29.3 Å². The van der Waals surface area contributed by atoms with E-state index in [1.54, 1.807) is 0 Å². The fourth-order valence-corrected chi connectivity index (χ4v) is 1.43. The van der Waals surface area contributed by atoms with Gasteiger partial charge in [-0.1, -0.05) is 6.92 Å². The van der Waals surface area contributed by atoms with Gasteiger partial charge in [-0.3, -0.25) is 0 Å². The van der Waals surface area contributed by atoms with Gasteiger partial charge in [0.05, 0.1) is 11.1 Å². The van der Waals surface area contributed by atoms with Crippen molar-refractivity contribution in [3.05, 3.63) is 34.9 Å². The lowest BCUT2D eigenvalue weighted by atomic mass is 10.0. The highest BCUT2D eigenvalue weighted by atomic mass is 31.0. The second-order valence-electron chi connectivity index (χ2n) is 3.63. The molecule has 0 saturated heterocycles. The maximum atomic E-state index is 12.4. The highest BCUT2D eigenvalue weighted by molar-refractivity contribution is 7.17. The van der Waals surface area contributed by atoms with Crippen LogP contribution in [0, 0.1) is 0 Å². The first-order valence-electron chi connectivity index (χ1n) is 4.57. The van der Waals surface area contributed by atoms with Crippen molar-refractivity contribution in [2.45, 2.75) is 24.9 Å². The predicted octanol–water partition coefficient (Wildman–Crippen LogP) is 4.66. The molecule has 0 amide bonds. The summed E-state index contributed by atoms with van der Waals surface area (Å²) in [4.78, 5) is 0. The van der Waals surface area contributed by atoms with Crippen LogP contribution in [0.2, 0.25) is 0 Å². The molecule has 0 aliphatic heterocycles. The van der Waals surface area contributed by atoms with Crippen molar-refractivity contribution in [2.24, 2.45) is 0 Å². The quantitative estimate of drug-likeness (QED) is 0.516. The van der Waals surface area contributed by atoms with Gasteiger partial charge in [0, 0.05) is 0 Å². The van der Waals surface area contributed by atoms with E-state index in [-0.39, 0.29) is 11.6 Å². The van der Waals surface area contributed by atoms with Crippen LogP contribution in [0.4, 0.5) is 26.3 Å². The Morgan fingerprint density at radius 3 is 1.47 bits per heavy atom. The molecule has 1 aromatic rings. The van der Waals surface area contributed by atoms with E-state index in [1.807, 2.05) is 0 Å². The first kappa shape index (κ1) is 14.3. The third-order valence-corrected chi connectivity index (χ3v) is 2.52. The van der Waals surface area contributed by atoms with Gasteiger partial charge in [-0.2, -0.15) is 26.3 Å². The van der Waals surface area contributed by atoms with E-state index in [4.69, 9.17) is 0 Å². The average Bonchev–Trinajstić information content (AvgIpc) is 2.14. The number of alkyl halides is 6. The largest absolute Gasteiger partial charge is 0.416 e. The summed E-state index contributed by atoms with van der Waals surface area (Å²) in [6.45, 7) is 1.50. The zero-order valence-corrected chi connectivity index (χ0v) is 9.81. The fraction of sp³-hybridized carbons (Fsp3) is 0.400. The van der Waals surface area contributed by atoms with Crippen LogP contribution >= 0.6 is 9.24 Å². The highest BCUT2D eigenvalue weighted by Crippen LogP contribution is 2.38. The topological polar surface area (TPSA) is 0 Å². The van der Waals surface area contributed by atoms with Gasteiger partial charge in [-0.05, 0) is 29.4 Å². The van der Waals surface area contributed by atoms with Crippen LogP contribution in [0.15, 0.2) is 18.2 Å². The van der Waals surface area contributed by atoms with Gasteiger partial charge in [0.2, 0.25) is 0 Å². The minimum atomic E-state index is -4.78. The minimum Gasteiger partial charge on any atom is -0.166 e. The van der Waals surface area contributed by atoms with Gasteiger partial charge in [0.15, 0.2) is 0 Å². The van der Waals surface area contributed by atoms with E-state index in [1.165, 1.54) is 6.92 Å². The summed E-state index contributed by atoms with van der Waals surface area (Å²) in [6.07, 6.45) is -9.56. The summed E-state index contributed by atoms with van der Waals surface area (Å²) in [6, 6.07) is 1.58. The van der Waals surface area contributed by atoms with E-state index in [2.05, 4.69) is 9.24 Å². The molecule has 0 radical (unpaired) electrons. The third-order valence-electron chi connectivity index (χ3n) is 2.14.